The third-order valence-electron chi connectivity index (χ3n) is 3.99. The van der Waals surface area contributed by atoms with Crippen molar-refractivity contribution in [3.8, 4) is 0 Å². The van der Waals surface area contributed by atoms with Crippen molar-refractivity contribution in [3.05, 3.63) is 34.7 Å². The number of aryl methyl sites for hydroxylation is 1. The van der Waals surface area contributed by atoms with E-state index in [0.29, 0.717) is 12.6 Å². The van der Waals surface area contributed by atoms with E-state index in [1.165, 1.54) is 20.5 Å². The van der Waals surface area contributed by atoms with E-state index in [0.717, 1.165) is 6.54 Å². The molecule has 1 N–H and O–H groups in total. The van der Waals surface area contributed by atoms with Crippen LogP contribution in [0.3, 0.4) is 0 Å². The minimum Gasteiger partial charge on any atom is -0.348 e. The zero-order chi connectivity index (χ0) is 15.0. The fourth-order valence-electron chi connectivity index (χ4n) is 2.87. The summed E-state index contributed by atoms with van der Waals surface area (Å²) in [5, 5.41) is 4.95. The number of hydrogen-bond donors (Lipinski definition) is 1. The van der Waals surface area contributed by atoms with Crippen molar-refractivity contribution in [2.45, 2.75) is 45.6 Å². The molecule has 1 aliphatic rings. The minimum atomic E-state index is -0.441. The molecule has 0 bridgehead atoms. The van der Waals surface area contributed by atoms with Gasteiger partial charge in [-0.3, -0.25) is 0 Å². The van der Waals surface area contributed by atoms with E-state index in [1.54, 1.807) is 0 Å². The summed E-state index contributed by atoms with van der Waals surface area (Å²) in [7, 11) is 0. The summed E-state index contributed by atoms with van der Waals surface area (Å²) in [4.78, 5) is 1.41. The number of fused-ring (bicyclic) bond motifs is 1. The molecule has 0 radical (unpaired) electrons. The van der Waals surface area contributed by atoms with Gasteiger partial charge in [-0.1, -0.05) is 18.2 Å². The van der Waals surface area contributed by atoms with Crippen molar-refractivity contribution in [1.29, 1.82) is 0 Å². The molecular formula is C17H23NO2S. The van der Waals surface area contributed by atoms with Crippen LogP contribution in [0.2, 0.25) is 0 Å². The van der Waals surface area contributed by atoms with Crippen LogP contribution in [0.1, 0.15) is 37.3 Å². The summed E-state index contributed by atoms with van der Waals surface area (Å²) in [6, 6.07) is 8.93. The van der Waals surface area contributed by atoms with Crippen molar-refractivity contribution >= 4 is 21.4 Å². The minimum absolute atomic E-state index is 0.136. The molecule has 1 aromatic carbocycles. The van der Waals surface area contributed by atoms with E-state index < -0.39 is 5.79 Å². The summed E-state index contributed by atoms with van der Waals surface area (Å²) >= 11 is 1.88. The quantitative estimate of drug-likeness (QED) is 0.925. The Balaban J connectivity index is 1.67. The van der Waals surface area contributed by atoms with Gasteiger partial charge in [0.2, 0.25) is 0 Å². The van der Waals surface area contributed by atoms with Gasteiger partial charge in [0.25, 0.3) is 0 Å². The molecule has 0 aliphatic carbocycles. The molecule has 0 saturated carbocycles. The molecule has 21 heavy (non-hydrogen) atoms. The van der Waals surface area contributed by atoms with Crippen LogP contribution in [0, 0.1) is 6.92 Å². The van der Waals surface area contributed by atoms with Crippen LogP contribution in [-0.4, -0.2) is 25.0 Å². The Hall–Kier alpha value is -0.940. The highest BCUT2D eigenvalue weighted by Crippen LogP contribution is 2.34. The predicted molar refractivity (Wildman–Crippen MR) is 87.9 cm³/mol. The lowest BCUT2D eigenvalue weighted by atomic mass is 10.1. The van der Waals surface area contributed by atoms with Crippen molar-refractivity contribution < 1.29 is 9.47 Å². The van der Waals surface area contributed by atoms with Gasteiger partial charge in [0.1, 0.15) is 0 Å². The van der Waals surface area contributed by atoms with E-state index in [2.05, 4.69) is 43.4 Å². The largest absolute Gasteiger partial charge is 0.348 e. The summed E-state index contributed by atoms with van der Waals surface area (Å²) < 4.78 is 12.8. The highest BCUT2D eigenvalue weighted by atomic mass is 32.1. The van der Waals surface area contributed by atoms with E-state index >= 15 is 0 Å². The number of ether oxygens (including phenoxy) is 2. The lowest BCUT2D eigenvalue weighted by Gasteiger charge is -2.19. The second kappa shape index (κ2) is 5.69. The first-order chi connectivity index (χ1) is 9.96. The lowest BCUT2D eigenvalue weighted by molar-refractivity contribution is -0.137. The molecule has 3 rings (SSSR count). The molecule has 4 heteroatoms. The van der Waals surface area contributed by atoms with E-state index in [1.807, 2.05) is 25.2 Å². The average Bonchev–Trinajstić information content (AvgIpc) is 2.97. The summed E-state index contributed by atoms with van der Waals surface area (Å²) in [6.07, 6.45) is 0.136. The van der Waals surface area contributed by atoms with Gasteiger partial charge in [-0.15, -0.1) is 11.3 Å². The van der Waals surface area contributed by atoms with Gasteiger partial charge < -0.3 is 14.8 Å². The number of rotatable bonds is 4. The number of thiophene rings is 1. The molecule has 2 unspecified atom stereocenters. The van der Waals surface area contributed by atoms with Crippen LogP contribution in [0.25, 0.3) is 10.1 Å². The Bertz CT molecular complexity index is 635. The molecule has 0 spiro atoms. The molecule has 1 aromatic heterocycles. The average molecular weight is 305 g/mol. The van der Waals surface area contributed by atoms with Gasteiger partial charge in [-0.25, -0.2) is 0 Å². The van der Waals surface area contributed by atoms with Crippen molar-refractivity contribution in [2.24, 2.45) is 0 Å². The normalized spacial score (nSPS) is 22.8. The molecule has 1 aliphatic heterocycles. The molecule has 3 nitrogen and oxygen atoms in total. The monoisotopic (exact) mass is 305 g/mol. The highest BCUT2D eigenvalue weighted by molar-refractivity contribution is 7.19. The molecule has 1 fully saturated rings. The molecule has 2 atom stereocenters. The van der Waals surface area contributed by atoms with Crippen LogP contribution in [0.5, 0.6) is 0 Å². The topological polar surface area (TPSA) is 30.5 Å². The van der Waals surface area contributed by atoms with Crippen LogP contribution in [0.15, 0.2) is 24.3 Å². The van der Waals surface area contributed by atoms with Gasteiger partial charge in [0, 0.05) is 22.2 Å². The fourth-order valence-corrected chi connectivity index (χ4v) is 4.11. The number of benzene rings is 1. The van der Waals surface area contributed by atoms with Crippen LogP contribution in [-0.2, 0) is 9.47 Å². The lowest BCUT2D eigenvalue weighted by Crippen LogP contribution is -2.32. The molecule has 1 saturated heterocycles. The third-order valence-corrected chi connectivity index (χ3v) is 5.45. The maximum Gasteiger partial charge on any atom is 0.163 e. The van der Waals surface area contributed by atoms with E-state index in [-0.39, 0.29) is 6.10 Å². The smallest absolute Gasteiger partial charge is 0.163 e. The SMILES string of the molecule is Cc1c(C(C)NCC2COC(C)(C)O2)sc2ccccc12. The Labute approximate surface area is 130 Å². The second-order valence-electron chi connectivity index (χ2n) is 6.17. The van der Waals surface area contributed by atoms with Crippen molar-refractivity contribution in [3.63, 3.8) is 0 Å². The number of nitrogens with one attached hydrogen (secondary N) is 1. The van der Waals surface area contributed by atoms with Gasteiger partial charge in [0.05, 0.1) is 12.7 Å². The van der Waals surface area contributed by atoms with Gasteiger partial charge in [-0.2, -0.15) is 0 Å². The van der Waals surface area contributed by atoms with Gasteiger partial charge in [0.15, 0.2) is 5.79 Å². The zero-order valence-corrected chi connectivity index (χ0v) is 13.9. The first-order valence-corrected chi connectivity index (χ1v) is 8.31. The Morgan fingerprint density at radius 2 is 2.14 bits per heavy atom. The van der Waals surface area contributed by atoms with Crippen molar-refractivity contribution in [2.75, 3.05) is 13.2 Å². The number of hydrogen-bond acceptors (Lipinski definition) is 4. The highest BCUT2D eigenvalue weighted by Gasteiger charge is 2.32. The van der Waals surface area contributed by atoms with Crippen LogP contribution < -0.4 is 5.32 Å². The molecular weight excluding hydrogens is 282 g/mol. The van der Waals surface area contributed by atoms with Gasteiger partial charge >= 0.3 is 0 Å². The third kappa shape index (κ3) is 3.14. The Kier molecular flexibility index (Phi) is 4.06. The molecule has 2 aromatic rings. The predicted octanol–water partition coefficient (Wildman–Crippen LogP) is 4.01. The maximum absolute atomic E-state index is 5.84. The molecule has 2 heterocycles. The van der Waals surface area contributed by atoms with Gasteiger partial charge in [-0.05, 0) is 44.7 Å². The zero-order valence-electron chi connectivity index (χ0n) is 13.1. The fraction of sp³-hybridized carbons (Fsp3) is 0.529. The summed E-state index contributed by atoms with van der Waals surface area (Å²) in [5.41, 5.74) is 1.39. The van der Waals surface area contributed by atoms with Crippen LogP contribution in [0.4, 0.5) is 0 Å². The summed E-state index contributed by atoms with van der Waals surface area (Å²) in [6.45, 7) is 9.85. The Morgan fingerprint density at radius 3 is 2.81 bits per heavy atom. The van der Waals surface area contributed by atoms with Crippen molar-refractivity contribution in [1.82, 2.24) is 5.32 Å². The Morgan fingerprint density at radius 1 is 1.38 bits per heavy atom. The standard InChI is InChI=1S/C17H23NO2S/c1-11-14-7-5-6-8-15(14)21-16(11)12(2)18-9-13-10-19-17(3,4)20-13/h5-8,12-13,18H,9-10H2,1-4H3. The van der Waals surface area contributed by atoms with E-state index in [4.69, 9.17) is 9.47 Å². The van der Waals surface area contributed by atoms with E-state index in [9.17, 15) is 0 Å². The molecule has 0 amide bonds. The van der Waals surface area contributed by atoms with Crippen LogP contribution >= 0.6 is 11.3 Å². The first-order valence-electron chi connectivity index (χ1n) is 7.49. The maximum atomic E-state index is 5.84. The summed E-state index contributed by atoms with van der Waals surface area (Å²) in [5.74, 6) is -0.441. The second-order valence-corrected chi connectivity index (χ2v) is 7.25. The first kappa shape index (κ1) is 15.0. The molecule has 114 valence electrons.